The van der Waals surface area contributed by atoms with Crippen LogP contribution in [0.1, 0.15) is 24.1 Å². The van der Waals surface area contributed by atoms with Crippen molar-refractivity contribution in [2.45, 2.75) is 12.8 Å². The van der Waals surface area contributed by atoms with Crippen LogP contribution in [0.3, 0.4) is 0 Å². The van der Waals surface area contributed by atoms with Gasteiger partial charge in [-0.1, -0.05) is 30.3 Å². The van der Waals surface area contributed by atoms with Gasteiger partial charge in [0.2, 0.25) is 5.91 Å². The number of carbonyl (C=O) groups excluding carboxylic acids is 1. The Morgan fingerprint density at radius 3 is 2.38 bits per heavy atom. The fourth-order valence-electron chi connectivity index (χ4n) is 5.10. The summed E-state index contributed by atoms with van der Waals surface area (Å²) in [7, 11) is 0. The van der Waals surface area contributed by atoms with Crippen molar-refractivity contribution in [3.05, 3.63) is 78.4 Å². The molecule has 2 aliphatic rings. The summed E-state index contributed by atoms with van der Waals surface area (Å²) in [5.74, 6) is 0.855. The van der Waals surface area contributed by atoms with Gasteiger partial charge >= 0.3 is 0 Å². The number of allylic oxidation sites excluding steroid dienone is 1. The van der Waals surface area contributed by atoms with Crippen molar-refractivity contribution in [1.82, 2.24) is 14.9 Å². The molecule has 2 saturated heterocycles. The molecule has 0 bridgehead atoms. The van der Waals surface area contributed by atoms with Crippen LogP contribution in [0.2, 0.25) is 0 Å². The van der Waals surface area contributed by atoms with Gasteiger partial charge in [-0.2, -0.15) is 5.26 Å². The maximum atomic E-state index is 13.1. The summed E-state index contributed by atoms with van der Waals surface area (Å²) in [6.07, 6.45) is 4.90. The fraction of sp³-hybridized carbons (Fsp3) is 0.333. The Morgan fingerprint density at radius 2 is 1.74 bits per heavy atom. The summed E-state index contributed by atoms with van der Waals surface area (Å²) < 4.78 is 5.49. The van der Waals surface area contributed by atoms with E-state index in [1.807, 2.05) is 66.6 Å². The van der Waals surface area contributed by atoms with Gasteiger partial charge < -0.3 is 25.2 Å². The molecule has 2 aromatic heterocycles. The van der Waals surface area contributed by atoms with E-state index in [9.17, 15) is 10.1 Å². The van der Waals surface area contributed by atoms with Crippen LogP contribution in [0.25, 0.3) is 16.7 Å². The summed E-state index contributed by atoms with van der Waals surface area (Å²) in [5.41, 5.74) is 10.3. The molecule has 4 heterocycles. The van der Waals surface area contributed by atoms with Crippen LogP contribution in [-0.4, -0.2) is 73.3 Å². The number of benzene rings is 1. The van der Waals surface area contributed by atoms with Crippen molar-refractivity contribution in [1.29, 1.82) is 5.26 Å². The first kappa shape index (κ1) is 26.2. The number of pyridine rings is 2. The summed E-state index contributed by atoms with van der Waals surface area (Å²) >= 11 is 0. The van der Waals surface area contributed by atoms with Crippen LogP contribution in [0.5, 0.6) is 0 Å². The molecule has 3 aromatic rings. The quantitative estimate of drug-likeness (QED) is 0.490. The van der Waals surface area contributed by atoms with Crippen LogP contribution in [0, 0.1) is 11.3 Å². The highest BCUT2D eigenvalue weighted by Gasteiger charge is 2.26. The number of nitrogens with zero attached hydrogens (tertiary/aromatic N) is 6. The van der Waals surface area contributed by atoms with Gasteiger partial charge in [-0.3, -0.25) is 9.78 Å². The Morgan fingerprint density at radius 1 is 1.00 bits per heavy atom. The number of hydrogen-bond donors (Lipinski definition) is 1. The van der Waals surface area contributed by atoms with Gasteiger partial charge in [0, 0.05) is 62.8 Å². The zero-order chi connectivity index (χ0) is 27.2. The van der Waals surface area contributed by atoms with Crippen LogP contribution in [-0.2, 0) is 9.53 Å². The topological polar surface area (TPSA) is 112 Å². The summed E-state index contributed by atoms with van der Waals surface area (Å²) in [6.45, 7) is 7.62. The average Bonchev–Trinajstić information content (AvgIpc) is 3.02. The summed E-state index contributed by atoms with van der Waals surface area (Å²) in [6, 6.07) is 18.1. The molecular weight excluding hydrogens is 490 g/mol. The number of aromatic nitrogens is 2. The van der Waals surface area contributed by atoms with Gasteiger partial charge in [0.05, 0.1) is 42.3 Å². The highest BCUT2D eigenvalue weighted by molar-refractivity contribution is 5.86. The smallest absolute Gasteiger partial charge is 0.229 e. The van der Waals surface area contributed by atoms with Crippen LogP contribution >= 0.6 is 0 Å². The van der Waals surface area contributed by atoms with Gasteiger partial charge in [0.25, 0.3) is 0 Å². The van der Waals surface area contributed by atoms with E-state index >= 15 is 0 Å². The molecule has 39 heavy (non-hydrogen) atoms. The second-order valence-electron chi connectivity index (χ2n) is 9.73. The second kappa shape index (κ2) is 12.0. The second-order valence-corrected chi connectivity index (χ2v) is 9.73. The first-order valence-electron chi connectivity index (χ1n) is 13.3. The Bertz CT molecular complexity index is 1350. The van der Waals surface area contributed by atoms with Crippen molar-refractivity contribution in [2.24, 2.45) is 5.73 Å². The standard InChI is InChI=1S/C30H33N7O2/c1-22(23-5-3-2-4-6-23)30(38)37-11-9-36(10-12-37)28-8-7-24(20-33-28)27-17-26(35-13-15-39-16-14-35)21-34-29(27)25(18-31)19-32/h2-8,17-18,20-22H,9-16,31H2,1H3/t22-/m1/s1. The van der Waals surface area contributed by atoms with E-state index in [0.717, 1.165) is 41.3 Å². The Balaban J connectivity index is 1.31. The third kappa shape index (κ3) is 5.71. The van der Waals surface area contributed by atoms with Crippen molar-refractivity contribution in [2.75, 3.05) is 62.3 Å². The molecule has 1 aromatic carbocycles. The first-order chi connectivity index (χ1) is 19.1. The lowest BCUT2D eigenvalue weighted by Gasteiger charge is -2.36. The molecule has 9 heteroatoms. The van der Waals surface area contributed by atoms with E-state index in [1.165, 1.54) is 6.20 Å². The minimum absolute atomic E-state index is 0.158. The monoisotopic (exact) mass is 523 g/mol. The molecule has 9 nitrogen and oxygen atoms in total. The number of nitriles is 1. The lowest BCUT2D eigenvalue weighted by Crippen LogP contribution is -2.50. The molecule has 200 valence electrons. The average molecular weight is 524 g/mol. The largest absolute Gasteiger partial charge is 0.403 e. The molecule has 0 radical (unpaired) electrons. The number of rotatable bonds is 6. The molecule has 5 rings (SSSR count). The van der Waals surface area contributed by atoms with Gasteiger partial charge in [0.15, 0.2) is 0 Å². The Hall–Kier alpha value is -4.42. The van der Waals surface area contributed by atoms with Crippen molar-refractivity contribution < 1.29 is 9.53 Å². The van der Waals surface area contributed by atoms with Gasteiger partial charge in [-0.15, -0.1) is 0 Å². The third-order valence-corrected chi connectivity index (χ3v) is 7.44. The number of nitrogens with two attached hydrogens (primary N) is 1. The van der Waals surface area contributed by atoms with E-state index in [4.69, 9.17) is 15.5 Å². The molecule has 2 aliphatic heterocycles. The Labute approximate surface area is 229 Å². The number of hydrogen-bond acceptors (Lipinski definition) is 8. The zero-order valence-corrected chi connectivity index (χ0v) is 22.2. The van der Waals surface area contributed by atoms with Crippen LogP contribution < -0.4 is 15.5 Å². The van der Waals surface area contributed by atoms with E-state index in [0.29, 0.717) is 50.7 Å². The lowest BCUT2D eigenvalue weighted by atomic mass is 9.99. The fourth-order valence-corrected chi connectivity index (χ4v) is 5.10. The van der Waals surface area contributed by atoms with Crippen molar-refractivity contribution in [3.8, 4) is 17.2 Å². The molecule has 0 unspecified atom stereocenters. The number of carbonyl (C=O) groups is 1. The number of piperazine rings is 1. The number of morpholine rings is 1. The zero-order valence-electron chi connectivity index (χ0n) is 22.2. The molecule has 1 amide bonds. The third-order valence-electron chi connectivity index (χ3n) is 7.44. The molecular formula is C30H33N7O2. The van der Waals surface area contributed by atoms with Crippen molar-refractivity contribution >= 4 is 23.0 Å². The Kier molecular flexibility index (Phi) is 8.04. The normalized spacial score (nSPS) is 17.0. The molecule has 0 aliphatic carbocycles. The number of ether oxygens (including phenoxy) is 1. The van der Waals surface area contributed by atoms with Gasteiger partial charge in [-0.05, 0) is 30.7 Å². The SMILES string of the molecule is C[C@@H](C(=O)N1CCN(c2ccc(-c3cc(N4CCOCC4)cnc3C(C#N)=CN)cn2)CC1)c1ccccc1. The van der Waals surface area contributed by atoms with E-state index < -0.39 is 0 Å². The van der Waals surface area contributed by atoms with Crippen molar-refractivity contribution in [3.63, 3.8) is 0 Å². The van der Waals surface area contributed by atoms with Crippen LogP contribution in [0.15, 0.2) is 67.1 Å². The van der Waals surface area contributed by atoms with Gasteiger partial charge in [-0.25, -0.2) is 4.98 Å². The molecule has 1 atom stereocenters. The molecule has 0 spiro atoms. The predicted octanol–water partition coefficient (Wildman–Crippen LogP) is 3.26. The van der Waals surface area contributed by atoms with Gasteiger partial charge in [0.1, 0.15) is 11.9 Å². The first-order valence-corrected chi connectivity index (χ1v) is 13.3. The maximum absolute atomic E-state index is 13.1. The summed E-state index contributed by atoms with van der Waals surface area (Å²) in [5, 5.41) is 9.63. The summed E-state index contributed by atoms with van der Waals surface area (Å²) in [4.78, 5) is 28.8. The van der Waals surface area contributed by atoms with E-state index in [2.05, 4.69) is 20.9 Å². The van der Waals surface area contributed by atoms with Crippen LogP contribution in [0.4, 0.5) is 11.5 Å². The highest BCUT2D eigenvalue weighted by Crippen LogP contribution is 2.32. The lowest BCUT2D eigenvalue weighted by molar-refractivity contribution is -0.132. The predicted molar refractivity (Wildman–Crippen MR) is 152 cm³/mol. The maximum Gasteiger partial charge on any atom is 0.229 e. The molecule has 0 saturated carbocycles. The molecule has 2 N–H and O–H groups in total. The number of amides is 1. The van der Waals surface area contributed by atoms with E-state index in [-0.39, 0.29) is 11.8 Å². The van der Waals surface area contributed by atoms with E-state index in [1.54, 1.807) is 6.20 Å². The minimum atomic E-state index is -0.160. The highest BCUT2D eigenvalue weighted by atomic mass is 16.5. The molecule has 2 fully saturated rings. The minimum Gasteiger partial charge on any atom is -0.403 e. The number of anilines is 2.